The number of fused-ring (bicyclic) bond motifs is 1. The smallest absolute Gasteiger partial charge is 0.338 e. The van der Waals surface area contributed by atoms with Crippen LogP contribution in [0.1, 0.15) is 42.3 Å². The minimum atomic E-state index is -0.916. The van der Waals surface area contributed by atoms with Crippen LogP contribution in [0.25, 0.3) is 0 Å². The molecule has 7 heteroatoms. The summed E-state index contributed by atoms with van der Waals surface area (Å²) in [5.41, 5.74) is 2.21. The Labute approximate surface area is 169 Å². The number of hydrogen-bond donors (Lipinski definition) is 1. The number of ether oxygens (including phenoxy) is 4. The molecular formula is C22H25NO6. The zero-order chi connectivity index (χ0) is 20.8. The van der Waals surface area contributed by atoms with Gasteiger partial charge in [0.15, 0.2) is 17.6 Å². The molecule has 1 heterocycles. The Morgan fingerprint density at radius 1 is 1.00 bits per heavy atom. The van der Waals surface area contributed by atoms with Crippen LogP contribution in [-0.2, 0) is 27.4 Å². The van der Waals surface area contributed by atoms with Crippen molar-refractivity contribution in [3.63, 3.8) is 0 Å². The Bertz CT molecular complexity index is 862. The molecule has 1 N–H and O–H groups in total. The van der Waals surface area contributed by atoms with Gasteiger partial charge in [-0.25, -0.2) is 4.79 Å². The Kier molecular flexibility index (Phi) is 6.72. The maximum absolute atomic E-state index is 12.3. The van der Waals surface area contributed by atoms with Gasteiger partial charge in [-0.1, -0.05) is 18.2 Å². The van der Waals surface area contributed by atoms with Crippen LogP contribution >= 0.6 is 0 Å². The lowest BCUT2D eigenvalue weighted by Gasteiger charge is -2.14. The summed E-state index contributed by atoms with van der Waals surface area (Å²) in [6, 6.07) is 12.4. The molecule has 0 radical (unpaired) electrons. The molecule has 0 saturated heterocycles. The fourth-order valence-corrected chi connectivity index (χ4v) is 2.67. The van der Waals surface area contributed by atoms with Gasteiger partial charge >= 0.3 is 5.97 Å². The highest BCUT2D eigenvalue weighted by atomic mass is 16.7. The highest BCUT2D eigenvalue weighted by Crippen LogP contribution is 2.32. The summed E-state index contributed by atoms with van der Waals surface area (Å²) in [6.07, 6.45) is -0.780. The van der Waals surface area contributed by atoms with Crippen LogP contribution in [0.2, 0.25) is 0 Å². The van der Waals surface area contributed by atoms with E-state index in [4.69, 9.17) is 18.9 Å². The first kappa shape index (κ1) is 20.7. The molecule has 3 rings (SSSR count). The van der Waals surface area contributed by atoms with Crippen LogP contribution in [0.5, 0.6) is 11.5 Å². The first-order chi connectivity index (χ1) is 13.9. The average molecular weight is 399 g/mol. The Hall–Kier alpha value is -3.06. The van der Waals surface area contributed by atoms with Crippen LogP contribution in [0.15, 0.2) is 42.5 Å². The number of benzene rings is 2. The molecule has 0 fully saturated rings. The van der Waals surface area contributed by atoms with E-state index in [1.54, 1.807) is 18.2 Å². The number of esters is 1. The second kappa shape index (κ2) is 9.43. The molecule has 0 spiro atoms. The average Bonchev–Trinajstić information content (AvgIpc) is 3.18. The van der Waals surface area contributed by atoms with E-state index in [1.165, 1.54) is 6.92 Å². The lowest BCUT2D eigenvalue weighted by molar-refractivity contribution is -0.129. The third-order valence-electron chi connectivity index (χ3n) is 4.33. The molecule has 2 aromatic rings. The molecule has 0 aromatic heterocycles. The highest BCUT2D eigenvalue weighted by Gasteiger charge is 2.19. The molecular weight excluding hydrogens is 374 g/mol. The van der Waals surface area contributed by atoms with Crippen molar-refractivity contribution in [2.75, 3.05) is 6.79 Å². The molecule has 0 saturated carbocycles. The van der Waals surface area contributed by atoms with Crippen molar-refractivity contribution in [2.24, 2.45) is 0 Å². The van der Waals surface area contributed by atoms with E-state index in [2.05, 4.69) is 5.32 Å². The maximum Gasteiger partial charge on any atom is 0.338 e. The molecule has 0 unspecified atom stereocenters. The second-order valence-corrected chi connectivity index (χ2v) is 7.01. The summed E-state index contributed by atoms with van der Waals surface area (Å²) in [5, 5.41) is 2.75. The first-order valence-electron chi connectivity index (χ1n) is 9.50. The van der Waals surface area contributed by atoms with Crippen molar-refractivity contribution < 1.29 is 28.5 Å². The van der Waals surface area contributed by atoms with E-state index in [0.29, 0.717) is 30.2 Å². The number of carbonyl (C=O) groups excluding carboxylic acids is 2. The van der Waals surface area contributed by atoms with E-state index in [0.717, 1.165) is 11.1 Å². The second-order valence-electron chi connectivity index (χ2n) is 7.01. The first-order valence-corrected chi connectivity index (χ1v) is 9.50. The van der Waals surface area contributed by atoms with E-state index < -0.39 is 12.1 Å². The van der Waals surface area contributed by atoms with Crippen molar-refractivity contribution in [1.82, 2.24) is 5.32 Å². The van der Waals surface area contributed by atoms with Gasteiger partial charge in [0.2, 0.25) is 6.79 Å². The lowest BCUT2D eigenvalue weighted by atomic mass is 10.1. The number of amides is 1. The zero-order valence-electron chi connectivity index (χ0n) is 16.8. The van der Waals surface area contributed by atoms with Gasteiger partial charge in [0.1, 0.15) is 0 Å². The minimum Gasteiger partial charge on any atom is -0.454 e. The van der Waals surface area contributed by atoms with Gasteiger partial charge in [0.25, 0.3) is 5.91 Å². The van der Waals surface area contributed by atoms with Crippen LogP contribution in [-0.4, -0.2) is 30.9 Å². The number of nitrogens with one attached hydrogen (secondary N) is 1. The summed E-state index contributed by atoms with van der Waals surface area (Å²) in [7, 11) is 0. The predicted molar refractivity (Wildman–Crippen MR) is 106 cm³/mol. The molecule has 154 valence electrons. The van der Waals surface area contributed by atoms with Gasteiger partial charge < -0.3 is 24.3 Å². The molecule has 7 nitrogen and oxygen atoms in total. The molecule has 0 aliphatic carbocycles. The van der Waals surface area contributed by atoms with Gasteiger partial charge in [-0.3, -0.25) is 4.79 Å². The SMILES string of the molecule is CC(C)OCc1ccc(C(=O)O[C@H](C)C(=O)NCc2ccc3c(c2)OCO3)cc1. The largest absolute Gasteiger partial charge is 0.454 e. The third kappa shape index (κ3) is 5.71. The van der Waals surface area contributed by atoms with E-state index in [1.807, 2.05) is 38.1 Å². The van der Waals surface area contributed by atoms with Gasteiger partial charge in [0.05, 0.1) is 18.3 Å². The van der Waals surface area contributed by atoms with Crippen molar-refractivity contribution >= 4 is 11.9 Å². The maximum atomic E-state index is 12.3. The van der Waals surface area contributed by atoms with Gasteiger partial charge in [-0.15, -0.1) is 0 Å². The van der Waals surface area contributed by atoms with Crippen molar-refractivity contribution in [2.45, 2.75) is 46.1 Å². The Balaban J connectivity index is 1.47. The zero-order valence-corrected chi connectivity index (χ0v) is 16.8. The van der Waals surface area contributed by atoms with E-state index >= 15 is 0 Å². The lowest BCUT2D eigenvalue weighted by Crippen LogP contribution is -2.35. The van der Waals surface area contributed by atoms with Crippen LogP contribution in [0, 0.1) is 0 Å². The number of hydrogen-bond acceptors (Lipinski definition) is 6. The van der Waals surface area contributed by atoms with Crippen LogP contribution in [0.3, 0.4) is 0 Å². The van der Waals surface area contributed by atoms with Gasteiger partial charge in [0, 0.05) is 6.54 Å². The van der Waals surface area contributed by atoms with E-state index in [9.17, 15) is 9.59 Å². The summed E-state index contributed by atoms with van der Waals surface area (Å²) in [6.45, 7) is 6.44. The van der Waals surface area contributed by atoms with Crippen molar-refractivity contribution in [3.05, 3.63) is 59.2 Å². The van der Waals surface area contributed by atoms with E-state index in [-0.39, 0.29) is 18.8 Å². The van der Waals surface area contributed by atoms with Crippen molar-refractivity contribution in [1.29, 1.82) is 0 Å². The molecule has 0 bridgehead atoms. The fraction of sp³-hybridized carbons (Fsp3) is 0.364. The normalized spacial score (nSPS) is 13.2. The van der Waals surface area contributed by atoms with Gasteiger partial charge in [-0.05, 0) is 56.2 Å². The standard InChI is InChI=1S/C22H25NO6/c1-14(2)26-12-16-4-7-18(8-5-16)22(25)29-15(3)21(24)23-11-17-6-9-19-20(10-17)28-13-27-19/h4-10,14-15H,11-13H2,1-3H3,(H,23,24)/t15-/m1/s1. The third-order valence-corrected chi connectivity index (χ3v) is 4.33. The summed E-state index contributed by atoms with van der Waals surface area (Å²) in [4.78, 5) is 24.5. The molecule has 1 atom stereocenters. The monoisotopic (exact) mass is 399 g/mol. The topological polar surface area (TPSA) is 83.1 Å². The Morgan fingerprint density at radius 3 is 2.41 bits per heavy atom. The highest BCUT2D eigenvalue weighted by molar-refractivity contribution is 5.92. The number of rotatable bonds is 8. The van der Waals surface area contributed by atoms with Crippen LogP contribution in [0.4, 0.5) is 0 Å². The minimum absolute atomic E-state index is 0.136. The summed E-state index contributed by atoms with van der Waals surface area (Å²) in [5.74, 6) is 0.410. The predicted octanol–water partition coefficient (Wildman–Crippen LogP) is 3.20. The quantitative estimate of drug-likeness (QED) is 0.687. The molecule has 1 aliphatic heterocycles. The molecule has 2 aromatic carbocycles. The van der Waals surface area contributed by atoms with Crippen LogP contribution < -0.4 is 14.8 Å². The molecule has 1 amide bonds. The molecule has 29 heavy (non-hydrogen) atoms. The molecule has 1 aliphatic rings. The fourth-order valence-electron chi connectivity index (χ4n) is 2.67. The van der Waals surface area contributed by atoms with Crippen molar-refractivity contribution in [3.8, 4) is 11.5 Å². The van der Waals surface area contributed by atoms with Gasteiger partial charge in [-0.2, -0.15) is 0 Å². The summed E-state index contributed by atoms with van der Waals surface area (Å²) < 4.78 is 21.4. The Morgan fingerprint density at radius 2 is 1.69 bits per heavy atom. The number of carbonyl (C=O) groups is 2. The summed E-state index contributed by atoms with van der Waals surface area (Å²) >= 11 is 0.